The van der Waals surface area contributed by atoms with Crippen molar-refractivity contribution >= 4 is 20.6 Å². The first-order valence-corrected chi connectivity index (χ1v) is 5.70. The SMILES string of the molecule is NS(=O)(=O)C1=CCNc2ccccc21. The molecule has 0 spiro atoms. The fourth-order valence-electron chi connectivity index (χ4n) is 1.49. The van der Waals surface area contributed by atoms with Gasteiger partial charge in [0.25, 0.3) is 0 Å². The van der Waals surface area contributed by atoms with Gasteiger partial charge in [0.05, 0.1) is 4.91 Å². The minimum absolute atomic E-state index is 0.201. The van der Waals surface area contributed by atoms with Crippen LogP contribution in [0.25, 0.3) is 4.91 Å². The number of nitrogens with one attached hydrogen (secondary N) is 1. The van der Waals surface area contributed by atoms with Gasteiger partial charge in [-0.3, -0.25) is 0 Å². The molecule has 1 heterocycles. The standard InChI is InChI=1S/C9H10N2O2S/c10-14(12,13)9-5-6-11-8-4-2-1-3-7(8)9/h1-5,11H,6H2,(H2,10,12,13). The van der Waals surface area contributed by atoms with Crippen LogP contribution >= 0.6 is 0 Å². The summed E-state index contributed by atoms with van der Waals surface area (Å²) in [5.74, 6) is 0. The summed E-state index contributed by atoms with van der Waals surface area (Å²) in [4.78, 5) is 0.201. The molecule has 0 aromatic heterocycles. The van der Waals surface area contributed by atoms with Crippen molar-refractivity contribution in [3.05, 3.63) is 35.9 Å². The molecule has 0 saturated carbocycles. The second kappa shape index (κ2) is 3.11. The summed E-state index contributed by atoms with van der Waals surface area (Å²) in [6.45, 7) is 0.489. The summed E-state index contributed by atoms with van der Waals surface area (Å²) >= 11 is 0. The molecule has 0 amide bonds. The van der Waals surface area contributed by atoms with Crippen LogP contribution in [0, 0.1) is 0 Å². The molecule has 14 heavy (non-hydrogen) atoms. The van der Waals surface area contributed by atoms with Crippen molar-refractivity contribution in [3.8, 4) is 0 Å². The Kier molecular flexibility index (Phi) is 2.05. The summed E-state index contributed by atoms with van der Waals surface area (Å²) < 4.78 is 22.5. The lowest BCUT2D eigenvalue weighted by atomic mass is 10.1. The Morgan fingerprint density at radius 1 is 1.29 bits per heavy atom. The van der Waals surface area contributed by atoms with Crippen LogP contribution in [0.2, 0.25) is 0 Å². The third kappa shape index (κ3) is 1.51. The van der Waals surface area contributed by atoms with Crippen molar-refractivity contribution in [3.63, 3.8) is 0 Å². The van der Waals surface area contributed by atoms with E-state index in [9.17, 15) is 8.42 Å². The average Bonchev–Trinajstić information content (AvgIpc) is 2.15. The summed E-state index contributed by atoms with van der Waals surface area (Å²) in [7, 11) is -3.62. The van der Waals surface area contributed by atoms with Crippen molar-refractivity contribution in [1.29, 1.82) is 0 Å². The van der Waals surface area contributed by atoms with E-state index in [1.807, 2.05) is 12.1 Å². The molecule has 0 atom stereocenters. The van der Waals surface area contributed by atoms with Crippen molar-refractivity contribution in [2.24, 2.45) is 5.14 Å². The maximum atomic E-state index is 11.2. The van der Waals surface area contributed by atoms with Crippen LogP contribution in [0.15, 0.2) is 30.3 Å². The van der Waals surface area contributed by atoms with E-state index < -0.39 is 10.0 Å². The predicted molar refractivity (Wildman–Crippen MR) is 56.0 cm³/mol. The number of para-hydroxylation sites is 1. The highest BCUT2D eigenvalue weighted by Gasteiger charge is 2.19. The van der Waals surface area contributed by atoms with Gasteiger partial charge in [0.15, 0.2) is 0 Å². The van der Waals surface area contributed by atoms with E-state index in [2.05, 4.69) is 5.32 Å². The number of hydrogen-bond acceptors (Lipinski definition) is 3. The molecule has 2 rings (SSSR count). The van der Waals surface area contributed by atoms with Gasteiger partial charge in [-0.2, -0.15) is 0 Å². The number of sulfonamides is 1. The fourth-order valence-corrected chi connectivity index (χ4v) is 2.29. The molecule has 0 bridgehead atoms. The first-order valence-electron chi connectivity index (χ1n) is 4.15. The van der Waals surface area contributed by atoms with Gasteiger partial charge in [-0.15, -0.1) is 0 Å². The number of fused-ring (bicyclic) bond motifs is 1. The first kappa shape index (κ1) is 9.23. The largest absolute Gasteiger partial charge is 0.381 e. The smallest absolute Gasteiger partial charge is 0.238 e. The van der Waals surface area contributed by atoms with E-state index in [-0.39, 0.29) is 4.91 Å². The summed E-state index contributed by atoms with van der Waals surface area (Å²) in [5.41, 5.74) is 1.44. The number of nitrogens with two attached hydrogens (primary N) is 1. The van der Waals surface area contributed by atoms with Crippen LogP contribution < -0.4 is 10.5 Å². The molecule has 3 N–H and O–H groups in total. The van der Waals surface area contributed by atoms with E-state index in [1.165, 1.54) is 0 Å². The Hall–Kier alpha value is -1.33. The topological polar surface area (TPSA) is 72.2 Å². The number of primary sulfonamides is 1. The average molecular weight is 210 g/mol. The highest BCUT2D eigenvalue weighted by molar-refractivity contribution is 7.98. The van der Waals surface area contributed by atoms with E-state index in [0.29, 0.717) is 12.1 Å². The Balaban J connectivity index is 2.62. The van der Waals surface area contributed by atoms with Crippen LogP contribution in [0.3, 0.4) is 0 Å². The van der Waals surface area contributed by atoms with Gasteiger partial charge in [0, 0.05) is 17.8 Å². The monoisotopic (exact) mass is 210 g/mol. The van der Waals surface area contributed by atoms with Crippen LogP contribution in [-0.2, 0) is 10.0 Å². The molecule has 0 aliphatic carbocycles. The van der Waals surface area contributed by atoms with Gasteiger partial charge >= 0.3 is 0 Å². The Bertz CT molecular complexity index is 491. The lowest BCUT2D eigenvalue weighted by Crippen LogP contribution is -2.19. The first-order chi connectivity index (χ1) is 6.59. The van der Waals surface area contributed by atoms with Gasteiger partial charge in [0.1, 0.15) is 0 Å². The molecule has 74 valence electrons. The highest BCUT2D eigenvalue weighted by atomic mass is 32.2. The van der Waals surface area contributed by atoms with E-state index in [1.54, 1.807) is 18.2 Å². The Morgan fingerprint density at radius 2 is 2.00 bits per heavy atom. The summed E-state index contributed by atoms with van der Waals surface area (Å²) in [5, 5.41) is 8.17. The Labute approximate surface area is 82.5 Å². The molecular weight excluding hydrogens is 200 g/mol. The highest BCUT2D eigenvalue weighted by Crippen LogP contribution is 2.29. The van der Waals surface area contributed by atoms with Crippen molar-refractivity contribution in [1.82, 2.24) is 0 Å². The van der Waals surface area contributed by atoms with Crippen molar-refractivity contribution in [2.45, 2.75) is 0 Å². The second-order valence-electron chi connectivity index (χ2n) is 3.04. The zero-order chi connectivity index (χ0) is 10.2. The summed E-state index contributed by atoms with van der Waals surface area (Å²) in [6, 6.07) is 7.19. The van der Waals surface area contributed by atoms with E-state index >= 15 is 0 Å². The van der Waals surface area contributed by atoms with Crippen LogP contribution in [0.1, 0.15) is 5.56 Å². The predicted octanol–water partition coefficient (Wildman–Crippen LogP) is 0.742. The third-order valence-electron chi connectivity index (χ3n) is 2.08. The Morgan fingerprint density at radius 3 is 2.71 bits per heavy atom. The molecular formula is C9H10N2O2S. The molecule has 0 unspecified atom stereocenters. The molecule has 1 aromatic rings. The quantitative estimate of drug-likeness (QED) is 0.718. The number of benzene rings is 1. The summed E-state index contributed by atoms with van der Waals surface area (Å²) in [6.07, 6.45) is 1.58. The minimum atomic E-state index is -3.62. The van der Waals surface area contributed by atoms with Gasteiger partial charge in [-0.25, -0.2) is 13.6 Å². The van der Waals surface area contributed by atoms with Crippen molar-refractivity contribution < 1.29 is 8.42 Å². The van der Waals surface area contributed by atoms with Gasteiger partial charge in [-0.05, 0) is 12.1 Å². The molecule has 5 heteroatoms. The van der Waals surface area contributed by atoms with Crippen LogP contribution in [0.4, 0.5) is 5.69 Å². The van der Waals surface area contributed by atoms with Gasteiger partial charge in [-0.1, -0.05) is 18.2 Å². The maximum absolute atomic E-state index is 11.2. The molecule has 4 nitrogen and oxygen atoms in total. The molecule has 0 fully saturated rings. The molecule has 0 saturated heterocycles. The van der Waals surface area contributed by atoms with Gasteiger partial charge < -0.3 is 5.32 Å². The molecule has 1 aliphatic rings. The normalized spacial score (nSPS) is 15.4. The van der Waals surface area contributed by atoms with Gasteiger partial charge in [0.2, 0.25) is 10.0 Å². The zero-order valence-electron chi connectivity index (χ0n) is 7.40. The number of anilines is 1. The fraction of sp³-hybridized carbons (Fsp3) is 0.111. The second-order valence-corrected chi connectivity index (χ2v) is 4.57. The molecule has 0 radical (unpaired) electrons. The lowest BCUT2D eigenvalue weighted by molar-refractivity contribution is 0.607. The minimum Gasteiger partial charge on any atom is -0.381 e. The van der Waals surface area contributed by atoms with Crippen LogP contribution in [-0.4, -0.2) is 15.0 Å². The van der Waals surface area contributed by atoms with Crippen LogP contribution in [0.5, 0.6) is 0 Å². The third-order valence-corrected chi connectivity index (χ3v) is 3.08. The van der Waals surface area contributed by atoms with E-state index in [4.69, 9.17) is 5.14 Å². The lowest BCUT2D eigenvalue weighted by Gasteiger charge is -2.17. The molecule has 1 aromatic carbocycles. The number of hydrogen-bond donors (Lipinski definition) is 2. The van der Waals surface area contributed by atoms with E-state index in [0.717, 1.165) is 5.69 Å². The maximum Gasteiger partial charge on any atom is 0.238 e. The zero-order valence-corrected chi connectivity index (χ0v) is 8.21. The van der Waals surface area contributed by atoms with Crippen molar-refractivity contribution in [2.75, 3.05) is 11.9 Å². The number of rotatable bonds is 1. The molecule has 1 aliphatic heterocycles.